The van der Waals surface area contributed by atoms with E-state index in [4.69, 9.17) is 27.9 Å². The Bertz CT molecular complexity index is 289. The number of halogens is 3. The van der Waals surface area contributed by atoms with Crippen LogP contribution in [0.2, 0.25) is 10.0 Å². The van der Waals surface area contributed by atoms with Crippen molar-refractivity contribution in [3.63, 3.8) is 0 Å². The molecule has 0 N–H and O–H groups in total. The van der Waals surface area contributed by atoms with Crippen LogP contribution >= 0.6 is 39.1 Å². The molecule has 0 fully saturated rings. The van der Waals surface area contributed by atoms with E-state index in [-0.39, 0.29) is 0 Å². The van der Waals surface area contributed by atoms with Crippen molar-refractivity contribution in [3.05, 3.63) is 27.7 Å². The van der Waals surface area contributed by atoms with E-state index in [1.807, 2.05) is 6.07 Å². The van der Waals surface area contributed by atoms with Crippen LogP contribution in [0.25, 0.3) is 0 Å². The van der Waals surface area contributed by atoms with Crippen LogP contribution in [0.1, 0.15) is 5.56 Å². The standard InChI is InChI=1S/C8H7BrCl2O/c1-12-7-3-5(4-9)2-6(10)8(7)11/h2-3H,4H2,1H3. The summed E-state index contributed by atoms with van der Waals surface area (Å²) < 4.78 is 5.03. The highest BCUT2D eigenvalue weighted by Gasteiger charge is 2.06. The second-order valence-corrected chi connectivity index (χ2v) is 3.57. The lowest BCUT2D eigenvalue weighted by Crippen LogP contribution is -1.87. The fraction of sp³-hybridized carbons (Fsp3) is 0.250. The molecule has 0 bridgehead atoms. The maximum atomic E-state index is 5.85. The summed E-state index contributed by atoms with van der Waals surface area (Å²) in [4.78, 5) is 0. The summed E-state index contributed by atoms with van der Waals surface area (Å²) in [7, 11) is 1.57. The monoisotopic (exact) mass is 268 g/mol. The highest BCUT2D eigenvalue weighted by molar-refractivity contribution is 9.08. The summed E-state index contributed by atoms with van der Waals surface area (Å²) in [6.07, 6.45) is 0. The quantitative estimate of drug-likeness (QED) is 0.740. The third-order valence-electron chi connectivity index (χ3n) is 1.43. The van der Waals surface area contributed by atoms with Crippen LogP contribution < -0.4 is 4.74 Å². The molecule has 0 saturated heterocycles. The molecule has 1 aromatic rings. The van der Waals surface area contributed by atoms with Crippen molar-refractivity contribution in [2.75, 3.05) is 7.11 Å². The predicted octanol–water partition coefficient (Wildman–Crippen LogP) is 3.90. The van der Waals surface area contributed by atoms with E-state index in [1.54, 1.807) is 13.2 Å². The van der Waals surface area contributed by atoms with Gasteiger partial charge in [-0.2, -0.15) is 0 Å². The third kappa shape index (κ3) is 2.06. The number of ether oxygens (including phenoxy) is 1. The van der Waals surface area contributed by atoms with Gasteiger partial charge in [-0.25, -0.2) is 0 Å². The topological polar surface area (TPSA) is 9.23 Å². The van der Waals surface area contributed by atoms with Crippen LogP contribution in [-0.4, -0.2) is 7.11 Å². The molecule has 1 nitrogen and oxygen atoms in total. The highest BCUT2D eigenvalue weighted by Crippen LogP contribution is 2.33. The average molecular weight is 270 g/mol. The number of alkyl halides is 1. The molecule has 1 rings (SSSR count). The molecule has 0 aliphatic rings. The van der Waals surface area contributed by atoms with E-state index in [9.17, 15) is 0 Å². The van der Waals surface area contributed by atoms with Crippen molar-refractivity contribution in [2.45, 2.75) is 5.33 Å². The summed E-state index contributed by atoms with van der Waals surface area (Å²) in [5.74, 6) is 0.610. The van der Waals surface area contributed by atoms with Crippen molar-refractivity contribution >= 4 is 39.1 Å². The first-order valence-corrected chi connectivity index (χ1v) is 5.14. The van der Waals surface area contributed by atoms with Crippen LogP contribution in [-0.2, 0) is 5.33 Å². The number of hydrogen-bond donors (Lipinski definition) is 0. The van der Waals surface area contributed by atoms with Crippen molar-refractivity contribution in [1.82, 2.24) is 0 Å². The smallest absolute Gasteiger partial charge is 0.139 e. The Morgan fingerprint density at radius 3 is 2.58 bits per heavy atom. The van der Waals surface area contributed by atoms with Gasteiger partial charge >= 0.3 is 0 Å². The van der Waals surface area contributed by atoms with E-state index >= 15 is 0 Å². The molecule has 0 amide bonds. The number of hydrogen-bond acceptors (Lipinski definition) is 1. The van der Waals surface area contributed by atoms with Gasteiger partial charge in [0.25, 0.3) is 0 Å². The van der Waals surface area contributed by atoms with Crippen LogP contribution in [0.15, 0.2) is 12.1 Å². The predicted molar refractivity (Wildman–Crippen MR) is 55.6 cm³/mol. The molecule has 4 heteroatoms. The zero-order valence-corrected chi connectivity index (χ0v) is 9.50. The van der Waals surface area contributed by atoms with E-state index in [2.05, 4.69) is 15.9 Å². The Morgan fingerprint density at radius 2 is 2.08 bits per heavy atom. The fourth-order valence-electron chi connectivity index (χ4n) is 0.843. The van der Waals surface area contributed by atoms with E-state index in [0.717, 1.165) is 10.9 Å². The van der Waals surface area contributed by atoms with E-state index in [1.165, 1.54) is 0 Å². The van der Waals surface area contributed by atoms with Gasteiger partial charge in [0, 0.05) is 5.33 Å². The Balaban J connectivity index is 3.19. The van der Waals surface area contributed by atoms with Gasteiger partial charge in [-0.3, -0.25) is 0 Å². The largest absolute Gasteiger partial charge is 0.495 e. The second-order valence-electron chi connectivity index (χ2n) is 2.23. The zero-order valence-electron chi connectivity index (χ0n) is 6.40. The Morgan fingerprint density at radius 1 is 1.42 bits per heavy atom. The summed E-state index contributed by atoms with van der Waals surface area (Å²) in [5.41, 5.74) is 1.04. The molecule has 0 unspecified atom stereocenters. The average Bonchev–Trinajstić information content (AvgIpc) is 2.09. The van der Waals surface area contributed by atoms with Crippen molar-refractivity contribution < 1.29 is 4.74 Å². The van der Waals surface area contributed by atoms with Gasteiger partial charge in [-0.1, -0.05) is 39.1 Å². The minimum absolute atomic E-state index is 0.462. The summed E-state index contributed by atoms with van der Waals surface area (Å²) >= 11 is 15.0. The van der Waals surface area contributed by atoms with Gasteiger partial charge in [0.05, 0.1) is 12.1 Å². The first kappa shape index (κ1) is 10.2. The molecule has 0 heterocycles. The highest BCUT2D eigenvalue weighted by atomic mass is 79.9. The lowest BCUT2D eigenvalue weighted by atomic mass is 10.2. The van der Waals surface area contributed by atoms with Gasteiger partial charge in [0.2, 0.25) is 0 Å². The van der Waals surface area contributed by atoms with Gasteiger partial charge in [-0.05, 0) is 17.7 Å². The molecule has 12 heavy (non-hydrogen) atoms. The molecular formula is C8H7BrCl2O. The van der Waals surface area contributed by atoms with Crippen molar-refractivity contribution in [1.29, 1.82) is 0 Å². The summed E-state index contributed by atoms with van der Waals surface area (Å²) in [6.45, 7) is 0. The summed E-state index contributed by atoms with van der Waals surface area (Å²) in [5, 5.41) is 1.72. The maximum Gasteiger partial charge on any atom is 0.139 e. The zero-order chi connectivity index (χ0) is 9.14. The van der Waals surface area contributed by atoms with Crippen LogP contribution in [0, 0.1) is 0 Å². The van der Waals surface area contributed by atoms with Gasteiger partial charge in [-0.15, -0.1) is 0 Å². The molecule has 0 atom stereocenters. The molecule has 0 aromatic heterocycles. The molecule has 0 spiro atoms. The first-order chi connectivity index (χ1) is 5.69. The van der Waals surface area contributed by atoms with Crippen molar-refractivity contribution in [3.8, 4) is 5.75 Å². The van der Waals surface area contributed by atoms with Crippen molar-refractivity contribution in [2.24, 2.45) is 0 Å². The number of rotatable bonds is 2. The Kier molecular flexibility index (Phi) is 3.69. The molecule has 0 radical (unpaired) electrons. The fourth-order valence-corrected chi connectivity index (χ4v) is 1.59. The molecule has 1 aromatic carbocycles. The summed E-state index contributed by atoms with van der Waals surface area (Å²) in [6, 6.07) is 3.66. The Hall–Kier alpha value is 0.0800. The third-order valence-corrected chi connectivity index (χ3v) is 2.86. The maximum absolute atomic E-state index is 5.85. The van der Waals surface area contributed by atoms with Gasteiger partial charge in [0.1, 0.15) is 10.8 Å². The van der Waals surface area contributed by atoms with Gasteiger partial charge in [0.15, 0.2) is 0 Å². The first-order valence-electron chi connectivity index (χ1n) is 3.27. The minimum atomic E-state index is 0.462. The van der Waals surface area contributed by atoms with Gasteiger partial charge < -0.3 is 4.74 Å². The minimum Gasteiger partial charge on any atom is -0.495 e. The second kappa shape index (κ2) is 4.35. The SMILES string of the molecule is COc1cc(CBr)cc(Cl)c1Cl. The van der Waals surface area contributed by atoms with E-state index < -0.39 is 0 Å². The Labute approximate surface area is 89.7 Å². The number of methoxy groups -OCH3 is 1. The molecule has 0 aliphatic heterocycles. The number of benzene rings is 1. The van der Waals surface area contributed by atoms with E-state index in [0.29, 0.717) is 15.8 Å². The lowest BCUT2D eigenvalue weighted by molar-refractivity contribution is 0.414. The molecular weight excluding hydrogens is 263 g/mol. The van der Waals surface area contributed by atoms with Crippen LogP contribution in [0.3, 0.4) is 0 Å². The van der Waals surface area contributed by atoms with Crippen LogP contribution in [0.5, 0.6) is 5.75 Å². The normalized spacial score (nSPS) is 10.0. The molecule has 66 valence electrons. The van der Waals surface area contributed by atoms with Crippen LogP contribution in [0.4, 0.5) is 0 Å². The molecule has 0 saturated carbocycles. The molecule has 0 aliphatic carbocycles. The lowest BCUT2D eigenvalue weighted by Gasteiger charge is -2.06.